The lowest BCUT2D eigenvalue weighted by Gasteiger charge is -2.09. The van der Waals surface area contributed by atoms with Crippen molar-refractivity contribution in [3.63, 3.8) is 0 Å². The molecule has 1 N–H and O–H groups in total. The molecule has 3 heterocycles. The maximum atomic E-state index is 13.2. The Balaban J connectivity index is 1.39. The molecule has 182 valence electrons. The number of aromatic nitrogens is 5. The molecule has 0 saturated carbocycles. The number of fused-ring (bicyclic) bond motifs is 1. The van der Waals surface area contributed by atoms with E-state index in [1.165, 1.54) is 10.9 Å². The number of anilines is 1. The van der Waals surface area contributed by atoms with E-state index in [2.05, 4.69) is 44.9 Å². The third-order valence-corrected chi connectivity index (χ3v) is 6.17. The summed E-state index contributed by atoms with van der Waals surface area (Å²) in [5, 5.41) is 28.8. The second-order valence-corrected chi connectivity index (χ2v) is 8.52. The fourth-order valence-corrected chi connectivity index (χ4v) is 4.25. The van der Waals surface area contributed by atoms with E-state index in [0.29, 0.717) is 29.2 Å². The predicted molar refractivity (Wildman–Crippen MR) is 132 cm³/mol. The van der Waals surface area contributed by atoms with Crippen LogP contribution in [0.15, 0.2) is 59.4 Å². The van der Waals surface area contributed by atoms with Crippen molar-refractivity contribution in [3.8, 4) is 0 Å². The smallest absolute Gasteiger partial charge is 0.307 e. The molecule has 0 radical (unpaired) electrons. The standard InChI is InChI=1S/C25H23N7O4/c1-15-23(16(2)31(28-15)12-19-9-6-8-18-7-4-5-10-21(18)19)27-25(33)24-22(17(3)36-29-24)14-30-13-20(11-26-30)32(34)35/h4-11,13H,12,14H2,1-3H3,(H,27,33). The van der Waals surface area contributed by atoms with Gasteiger partial charge in [-0.2, -0.15) is 10.2 Å². The highest BCUT2D eigenvalue weighted by Gasteiger charge is 2.24. The van der Waals surface area contributed by atoms with E-state index >= 15 is 0 Å². The van der Waals surface area contributed by atoms with Gasteiger partial charge in [-0.1, -0.05) is 47.6 Å². The minimum Gasteiger partial charge on any atom is -0.361 e. The summed E-state index contributed by atoms with van der Waals surface area (Å²) in [6.45, 7) is 6.06. The number of amides is 1. The summed E-state index contributed by atoms with van der Waals surface area (Å²) in [7, 11) is 0. The van der Waals surface area contributed by atoms with E-state index in [4.69, 9.17) is 4.52 Å². The molecule has 0 aliphatic rings. The van der Waals surface area contributed by atoms with Gasteiger partial charge in [-0.25, -0.2) is 0 Å². The van der Waals surface area contributed by atoms with Crippen molar-refractivity contribution in [2.45, 2.75) is 33.9 Å². The van der Waals surface area contributed by atoms with Crippen molar-refractivity contribution in [2.24, 2.45) is 0 Å². The van der Waals surface area contributed by atoms with Crippen LogP contribution in [0.3, 0.4) is 0 Å². The topological polar surface area (TPSA) is 134 Å². The van der Waals surface area contributed by atoms with E-state index < -0.39 is 10.8 Å². The molecule has 2 aromatic carbocycles. The van der Waals surface area contributed by atoms with Crippen molar-refractivity contribution >= 4 is 28.1 Å². The molecular weight excluding hydrogens is 462 g/mol. The summed E-state index contributed by atoms with van der Waals surface area (Å²) in [4.78, 5) is 23.6. The van der Waals surface area contributed by atoms with Gasteiger partial charge in [0.05, 0.1) is 35.1 Å². The average Bonchev–Trinajstić information content (AvgIpc) is 3.55. The lowest BCUT2D eigenvalue weighted by molar-refractivity contribution is -0.385. The van der Waals surface area contributed by atoms with E-state index in [9.17, 15) is 14.9 Å². The average molecular weight is 486 g/mol. The van der Waals surface area contributed by atoms with Gasteiger partial charge in [-0.15, -0.1) is 0 Å². The number of carbonyl (C=O) groups excluding carboxylic acids is 1. The SMILES string of the molecule is Cc1nn(Cc2cccc3ccccc23)c(C)c1NC(=O)c1noc(C)c1Cn1cc([N+](=O)[O-])cn1. The summed E-state index contributed by atoms with van der Waals surface area (Å²) in [5.74, 6) is -0.0298. The fourth-order valence-electron chi connectivity index (χ4n) is 4.25. The van der Waals surface area contributed by atoms with Gasteiger partial charge in [0.2, 0.25) is 0 Å². The number of benzene rings is 2. The van der Waals surface area contributed by atoms with Gasteiger partial charge in [-0.3, -0.25) is 24.3 Å². The minimum atomic E-state index is -0.529. The van der Waals surface area contributed by atoms with Gasteiger partial charge in [-0.05, 0) is 37.1 Å². The summed E-state index contributed by atoms with van der Waals surface area (Å²) in [6.07, 6.45) is 2.44. The van der Waals surface area contributed by atoms with Gasteiger partial charge in [0.15, 0.2) is 5.69 Å². The molecule has 0 aliphatic carbocycles. The van der Waals surface area contributed by atoms with E-state index in [0.717, 1.165) is 28.2 Å². The van der Waals surface area contributed by atoms with Crippen molar-refractivity contribution < 1.29 is 14.2 Å². The Morgan fingerprint density at radius 3 is 2.67 bits per heavy atom. The van der Waals surface area contributed by atoms with Crippen LogP contribution in [0.4, 0.5) is 11.4 Å². The number of nitrogens with one attached hydrogen (secondary N) is 1. The molecule has 0 aliphatic heterocycles. The first-order valence-electron chi connectivity index (χ1n) is 11.3. The maximum Gasteiger partial charge on any atom is 0.307 e. The van der Waals surface area contributed by atoms with E-state index in [-0.39, 0.29) is 17.9 Å². The van der Waals surface area contributed by atoms with E-state index in [1.54, 1.807) is 6.92 Å². The molecule has 0 unspecified atom stereocenters. The Kier molecular flexibility index (Phi) is 5.80. The van der Waals surface area contributed by atoms with Crippen LogP contribution in [0.5, 0.6) is 0 Å². The van der Waals surface area contributed by atoms with Gasteiger partial charge < -0.3 is 9.84 Å². The zero-order valence-corrected chi connectivity index (χ0v) is 19.9. The third kappa shape index (κ3) is 4.22. The minimum absolute atomic E-state index is 0.0891. The second-order valence-electron chi connectivity index (χ2n) is 8.52. The summed E-state index contributed by atoms with van der Waals surface area (Å²) < 4.78 is 8.49. The molecule has 1 amide bonds. The second kappa shape index (κ2) is 9.10. The normalized spacial score (nSPS) is 11.2. The number of hydrogen-bond donors (Lipinski definition) is 1. The molecule has 11 heteroatoms. The number of nitro groups is 1. The summed E-state index contributed by atoms with van der Waals surface area (Å²) in [5.41, 5.74) is 3.64. The highest BCUT2D eigenvalue weighted by molar-refractivity contribution is 6.04. The number of aryl methyl sites for hydroxylation is 2. The van der Waals surface area contributed by atoms with Crippen molar-refractivity contribution in [3.05, 3.63) is 98.9 Å². The molecule has 0 spiro atoms. The van der Waals surface area contributed by atoms with Gasteiger partial charge in [0.25, 0.3) is 5.91 Å². The van der Waals surface area contributed by atoms with Crippen LogP contribution in [0.2, 0.25) is 0 Å². The number of nitrogens with zero attached hydrogens (tertiary/aromatic N) is 6. The highest BCUT2D eigenvalue weighted by atomic mass is 16.6. The predicted octanol–water partition coefficient (Wildman–Crippen LogP) is 4.40. The van der Waals surface area contributed by atoms with E-state index in [1.807, 2.05) is 36.7 Å². The molecule has 3 aromatic heterocycles. The van der Waals surface area contributed by atoms with Crippen LogP contribution in [-0.2, 0) is 13.1 Å². The van der Waals surface area contributed by atoms with Crippen LogP contribution in [-0.4, -0.2) is 35.5 Å². The first-order valence-corrected chi connectivity index (χ1v) is 11.3. The van der Waals surface area contributed by atoms with Crippen LogP contribution < -0.4 is 5.32 Å². The number of hydrogen-bond acceptors (Lipinski definition) is 7. The Morgan fingerprint density at radius 2 is 1.89 bits per heavy atom. The quantitative estimate of drug-likeness (QED) is 0.267. The van der Waals surface area contributed by atoms with Crippen LogP contribution >= 0.6 is 0 Å². The Labute approximate surface area is 205 Å². The zero-order valence-electron chi connectivity index (χ0n) is 19.9. The molecular formula is C25H23N7O4. The molecule has 36 heavy (non-hydrogen) atoms. The lowest BCUT2D eigenvalue weighted by Crippen LogP contribution is -2.17. The van der Waals surface area contributed by atoms with Crippen LogP contribution in [0.25, 0.3) is 10.8 Å². The Morgan fingerprint density at radius 1 is 1.11 bits per heavy atom. The first kappa shape index (κ1) is 23.0. The van der Waals surface area contributed by atoms with Gasteiger partial charge in [0.1, 0.15) is 18.2 Å². The largest absolute Gasteiger partial charge is 0.361 e. The fraction of sp³-hybridized carbons (Fsp3) is 0.200. The molecule has 0 fully saturated rings. The number of rotatable bonds is 7. The zero-order chi connectivity index (χ0) is 25.4. The Bertz CT molecular complexity index is 1610. The van der Waals surface area contributed by atoms with Gasteiger partial charge in [0, 0.05) is 5.56 Å². The van der Waals surface area contributed by atoms with Crippen molar-refractivity contribution in [1.82, 2.24) is 24.7 Å². The first-order chi connectivity index (χ1) is 17.3. The summed E-state index contributed by atoms with van der Waals surface area (Å²) in [6, 6.07) is 14.3. The molecule has 0 bridgehead atoms. The molecule has 0 atom stereocenters. The lowest BCUT2D eigenvalue weighted by atomic mass is 10.0. The van der Waals surface area contributed by atoms with Crippen LogP contribution in [0, 0.1) is 30.9 Å². The monoisotopic (exact) mass is 485 g/mol. The summed E-state index contributed by atoms with van der Waals surface area (Å²) >= 11 is 0. The highest BCUT2D eigenvalue weighted by Crippen LogP contribution is 2.25. The third-order valence-electron chi connectivity index (χ3n) is 6.17. The van der Waals surface area contributed by atoms with Crippen molar-refractivity contribution in [1.29, 1.82) is 0 Å². The van der Waals surface area contributed by atoms with Crippen molar-refractivity contribution in [2.75, 3.05) is 5.32 Å². The van der Waals surface area contributed by atoms with Gasteiger partial charge >= 0.3 is 5.69 Å². The Hall–Kier alpha value is -4.80. The molecule has 5 rings (SSSR count). The molecule has 11 nitrogen and oxygen atoms in total. The number of carbonyl (C=O) groups is 1. The molecule has 0 saturated heterocycles. The molecule has 5 aromatic rings. The maximum absolute atomic E-state index is 13.2. The van der Waals surface area contributed by atoms with Crippen LogP contribution in [0.1, 0.15) is 38.8 Å².